The molecule has 0 bridgehead atoms. The third-order valence-corrected chi connectivity index (χ3v) is 4.07. The smallest absolute Gasteiger partial charge is 0.305 e. The highest BCUT2D eigenvalue weighted by Crippen LogP contribution is 2.13. The molecule has 1 atom stereocenters. The summed E-state index contributed by atoms with van der Waals surface area (Å²) in [6, 6.07) is 0.255. The predicted molar refractivity (Wildman–Crippen MR) is 109 cm³/mol. The van der Waals surface area contributed by atoms with E-state index in [1.54, 1.807) is 14.2 Å². The van der Waals surface area contributed by atoms with Crippen LogP contribution in [-0.2, 0) is 33.8 Å². The molecule has 1 unspecified atom stereocenters. The zero-order chi connectivity index (χ0) is 18.1. The highest BCUT2D eigenvalue weighted by atomic mass is 127. The van der Waals surface area contributed by atoms with Crippen molar-refractivity contribution in [1.82, 2.24) is 25.4 Å². The number of carbonyl (C=O) groups is 1. The van der Waals surface area contributed by atoms with E-state index in [1.165, 1.54) is 7.11 Å². The van der Waals surface area contributed by atoms with Crippen molar-refractivity contribution in [2.24, 2.45) is 4.99 Å². The molecule has 1 aromatic rings. The van der Waals surface area contributed by atoms with E-state index >= 15 is 0 Å². The van der Waals surface area contributed by atoms with Crippen molar-refractivity contribution >= 4 is 35.9 Å². The molecule has 0 aromatic carbocycles. The number of nitrogens with one attached hydrogen (secondary N) is 2. The Morgan fingerprint density at radius 2 is 2.19 bits per heavy atom. The van der Waals surface area contributed by atoms with Crippen LogP contribution < -0.4 is 10.6 Å². The number of methoxy groups -OCH3 is 2. The van der Waals surface area contributed by atoms with Crippen LogP contribution in [0.1, 0.15) is 37.3 Å². The zero-order valence-electron chi connectivity index (χ0n) is 15.7. The first-order valence-corrected chi connectivity index (χ1v) is 8.61. The maximum absolute atomic E-state index is 11.1. The van der Waals surface area contributed by atoms with Crippen LogP contribution in [0.2, 0.25) is 0 Å². The summed E-state index contributed by atoms with van der Waals surface area (Å²) >= 11 is 0. The number of carbonyl (C=O) groups excluding carboxylic acids is 1. The van der Waals surface area contributed by atoms with Crippen LogP contribution in [0.15, 0.2) is 4.99 Å². The van der Waals surface area contributed by atoms with E-state index in [0.29, 0.717) is 13.0 Å². The summed E-state index contributed by atoms with van der Waals surface area (Å²) in [4.78, 5) is 19.8. The van der Waals surface area contributed by atoms with E-state index in [2.05, 4.69) is 30.4 Å². The number of guanidine groups is 1. The third-order valence-electron chi connectivity index (χ3n) is 4.07. The van der Waals surface area contributed by atoms with Gasteiger partial charge in [0.2, 0.25) is 0 Å². The van der Waals surface area contributed by atoms with Crippen LogP contribution in [0.5, 0.6) is 0 Å². The van der Waals surface area contributed by atoms with Gasteiger partial charge >= 0.3 is 5.97 Å². The summed E-state index contributed by atoms with van der Waals surface area (Å²) in [6.45, 7) is 1.96. The molecule has 9 nitrogen and oxygen atoms in total. The van der Waals surface area contributed by atoms with Gasteiger partial charge in [-0.2, -0.15) is 5.10 Å². The van der Waals surface area contributed by atoms with Gasteiger partial charge in [-0.25, -0.2) is 9.67 Å². The Kier molecular flexibility index (Phi) is 10.5. The number of fused-ring (bicyclic) bond motifs is 1. The van der Waals surface area contributed by atoms with Crippen LogP contribution in [-0.4, -0.2) is 60.5 Å². The SMILES string of the molecule is CN=C(NCCCCC(=O)OC)NC1CCc2nc(COC)nn2C1.I. The molecule has 1 aromatic heterocycles. The molecule has 2 N–H and O–H groups in total. The monoisotopic (exact) mass is 480 g/mol. The van der Waals surface area contributed by atoms with Crippen LogP contribution in [0.4, 0.5) is 0 Å². The molecule has 1 aliphatic heterocycles. The number of halogens is 1. The fourth-order valence-electron chi connectivity index (χ4n) is 2.76. The summed E-state index contributed by atoms with van der Waals surface area (Å²) < 4.78 is 11.7. The Hall–Kier alpha value is -1.43. The van der Waals surface area contributed by atoms with Crippen LogP contribution in [0.25, 0.3) is 0 Å². The second-order valence-corrected chi connectivity index (χ2v) is 5.97. The second kappa shape index (κ2) is 12.0. The number of aryl methyl sites for hydroxylation is 1. The lowest BCUT2D eigenvalue weighted by atomic mass is 10.1. The molecular formula is C16H29IN6O3. The molecule has 0 aliphatic carbocycles. The summed E-state index contributed by atoms with van der Waals surface area (Å²) in [7, 11) is 4.81. The molecule has 10 heteroatoms. The van der Waals surface area contributed by atoms with E-state index in [-0.39, 0.29) is 36.0 Å². The Bertz CT molecular complexity index is 593. The topological polar surface area (TPSA) is 103 Å². The van der Waals surface area contributed by atoms with Gasteiger partial charge < -0.3 is 20.1 Å². The van der Waals surface area contributed by atoms with Gasteiger partial charge in [0.05, 0.1) is 13.7 Å². The minimum Gasteiger partial charge on any atom is -0.469 e. The average molecular weight is 480 g/mol. The largest absolute Gasteiger partial charge is 0.469 e. The lowest BCUT2D eigenvalue weighted by molar-refractivity contribution is -0.140. The normalized spacial score (nSPS) is 16.4. The zero-order valence-corrected chi connectivity index (χ0v) is 18.0. The number of esters is 1. The van der Waals surface area contributed by atoms with Gasteiger partial charge in [-0.1, -0.05) is 0 Å². The van der Waals surface area contributed by atoms with E-state index < -0.39 is 0 Å². The summed E-state index contributed by atoms with van der Waals surface area (Å²) in [5, 5.41) is 11.2. The molecular weight excluding hydrogens is 451 g/mol. The lowest BCUT2D eigenvalue weighted by Crippen LogP contribution is -2.47. The van der Waals surface area contributed by atoms with Crippen molar-refractivity contribution in [2.75, 3.05) is 27.8 Å². The van der Waals surface area contributed by atoms with Gasteiger partial charge in [-0.3, -0.25) is 9.79 Å². The Morgan fingerprint density at radius 3 is 2.88 bits per heavy atom. The lowest BCUT2D eigenvalue weighted by Gasteiger charge is -2.25. The maximum Gasteiger partial charge on any atom is 0.305 e. The predicted octanol–water partition coefficient (Wildman–Crippen LogP) is 0.866. The molecule has 0 fully saturated rings. The highest BCUT2D eigenvalue weighted by molar-refractivity contribution is 14.0. The van der Waals surface area contributed by atoms with E-state index in [0.717, 1.165) is 56.4 Å². The van der Waals surface area contributed by atoms with Gasteiger partial charge in [0.15, 0.2) is 11.8 Å². The standard InChI is InChI=1S/C16H28N6O3.HI/c1-17-16(18-9-5-4-6-15(23)25-3)19-12-7-8-14-20-13(11-24-2)21-22(14)10-12;/h12H,4-11H2,1-3H3,(H2,17,18,19);1H. The van der Waals surface area contributed by atoms with E-state index in [4.69, 9.17) is 4.74 Å². The van der Waals surface area contributed by atoms with Crippen molar-refractivity contribution in [3.05, 3.63) is 11.6 Å². The second-order valence-electron chi connectivity index (χ2n) is 5.97. The number of aliphatic imine (C=N–C) groups is 1. The fraction of sp³-hybridized carbons (Fsp3) is 0.750. The van der Waals surface area contributed by atoms with Crippen molar-refractivity contribution in [3.8, 4) is 0 Å². The Morgan fingerprint density at radius 1 is 1.38 bits per heavy atom. The van der Waals surface area contributed by atoms with Crippen molar-refractivity contribution in [2.45, 2.75) is 51.3 Å². The number of nitrogens with zero attached hydrogens (tertiary/aromatic N) is 4. The summed E-state index contributed by atoms with van der Waals surface area (Å²) in [5.74, 6) is 2.34. The number of hydrogen-bond donors (Lipinski definition) is 2. The highest BCUT2D eigenvalue weighted by Gasteiger charge is 2.22. The minimum atomic E-state index is -0.166. The quantitative estimate of drug-likeness (QED) is 0.187. The molecule has 1 aliphatic rings. The molecule has 0 saturated carbocycles. The van der Waals surface area contributed by atoms with Crippen molar-refractivity contribution < 1.29 is 14.3 Å². The Balaban J connectivity index is 0.00000338. The van der Waals surface area contributed by atoms with Crippen molar-refractivity contribution in [1.29, 1.82) is 0 Å². The van der Waals surface area contributed by atoms with Crippen LogP contribution >= 0.6 is 24.0 Å². The van der Waals surface area contributed by atoms with Crippen LogP contribution in [0, 0.1) is 0 Å². The summed E-state index contributed by atoms with van der Waals surface area (Å²) in [6.07, 6.45) is 3.99. The van der Waals surface area contributed by atoms with Gasteiger partial charge in [-0.05, 0) is 19.3 Å². The fourth-order valence-corrected chi connectivity index (χ4v) is 2.76. The molecule has 0 amide bonds. The first-order valence-electron chi connectivity index (χ1n) is 8.61. The molecule has 26 heavy (non-hydrogen) atoms. The maximum atomic E-state index is 11.1. The molecule has 0 saturated heterocycles. The Labute approximate surface area is 171 Å². The van der Waals surface area contributed by atoms with Crippen LogP contribution in [0.3, 0.4) is 0 Å². The molecule has 2 rings (SSSR count). The summed E-state index contributed by atoms with van der Waals surface area (Å²) in [5.41, 5.74) is 0. The molecule has 0 spiro atoms. The number of hydrogen-bond acceptors (Lipinski definition) is 6. The third kappa shape index (κ3) is 7.06. The molecule has 0 radical (unpaired) electrons. The number of rotatable bonds is 8. The molecule has 2 heterocycles. The van der Waals surface area contributed by atoms with E-state index in [1.807, 2.05) is 4.68 Å². The first kappa shape index (κ1) is 22.6. The minimum absolute atomic E-state index is 0. The van der Waals surface area contributed by atoms with Gasteiger partial charge in [0.25, 0.3) is 0 Å². The molecule has 148 valence electrons. The number of aromatic nitrogens is 3. The average Bonchev–Trinajstić information content (AvgIpc) is 3.02. The van der Waals surface area contributed by atoms with Crippen molar-refractivity contribution in [3.63, 3.8) is 0 Å². The number of unbranched alkanes of at least 4 members (excludes halogenated alkanes) is 1. The van der Waals surface area contributed by atoms with Gasteiger partial charge in [0.1, 0.15) is 12.4 Å². The number of ether oxygens (including phenoxy) is 2. The van der Waals surface area contributed by atoms with Gasteiger partial charge in [0, 0.05) is 39.6 Å². The van der Waals surface area contributed by atoms with E-state index in [9.17, 15) is 4.79 Å². The first-order chi connectivity index (χ1) is 12.2. The van der Waals surface area contributed by atoms with Gasteiger partial charge in [-0.15, -0.1) is 24.0 Å².